The van der Waals surface area contributed by atoms with Crippen LogP contribution in [0.1, 0.15) is 19.8 Å². The maximum absolute atomic E-state index is 5.69. The van der Waals surface area contributed by atoms with Crippen LogP contribution in [-0.2, 0) is 0 Å². The minimum Gasteiger partial charge on any atom is -0.366 e. The molecule has 2 heterocycles. The van der Waals surface area contributed by atoms with Crippen LogP contribution in [-0.4, -0.2) is 40.8 Å². The number of nitrogens with one attached hydrogen (secondary N) is 1. The first-order valence-electron chi connectivity index (χ1n) is 5.61. The molecule has 2 atom stereocenters. The first kappa shape index (κ1) is 11.6. The Morgan fingerprint density at radius 2 is 2.25 bits per heavy atom. The molecule has 1 N–H and O–H groups in total. The van der Waals surface area contributed by atoms with E-state index in [1.807, 2.05) is 6.07 Å². The van der Waals surface area contributed by atoms with Crippen LogP contribution in [0, 0.1) is 0 Å². The second-order valence-electron chi connectivity index (χ2n) is 4.44. The standard InChI is InChI=1S/C11H17ClN4/c1-8-7-9(5-6-16(8)2)13-11-4-3-10(12)14-15-11/h3-4,8-9H,5-7H2,1-2H3,(H,13,15). The van der Waals surface area contributed by atoms with Crippen LogP contribution in [0.5, 0.6) is 0 Å². The molecule has 2 rings (SSSR count). The lowest BCUT2D eigenvalue weighted by atomic mass is 9.99. The van der Waals surface area contributed by atoms with Crippen molar-refractivity contribution in [2.75, 3.05) is 18.9 Å². The van der Waals surface area contributed by atoms with Gasteiger partial charge >= 0.3 is 0 Å². The molecule has 0 aliphatic carbocycles. The van der Waals surface area contributed by atoms with E-state index in [4.69, 9.17) is 11.6 Å². The van der Waals surface area contributed by atoms with Gasteiger partial charge in [0.1, 0.15) is 5.82 Å². The van der Waals surface area contributed by atoms with E-state index < -0.39 is 0 Å². The van der Waals surface area contributed by atoms with E-state index in [9.17, 15) is 0 Å². The third-order valence-electron chi connectivity index (χ3n) is 3.19. The van der Waals surface area contributed by atoms with Gasteiger partial charge < -0.3 is 10.2 Å². The first-order valence-corrected chi connectivity index (χ1v) is 5.99. The molecule has 5 heteroatoms. The zero-order valence-corrected chi connectivity index (χ0v) is 10.4. The summed E-state index contributed by atoms with van der Waals surface area (Å²) in [5.74, 6) is 0.811. The fourth-order valence-corrected chi connectivity index (χ4v) is 2.12. The lowest BCUT2D eigenvalue weighted by Crippen LogP contribution is -2.42. The van der Waals surface area contributed by atoms with Crippen LogP contribution < -0.4 is 5.32 Å². The molecule has 0 spiro atoms. The van der Waals surface area contributed by atoms with Crippen LogP contribution in [0.2, 0.25) is 5.15 Å². The average Bonchev–Trinajstić information content (AvgIpc) is 2.27. The number of rotatable bonds is 2. The van der Waals surface area contributed by atoms with Gasteiger partial charge in [0, 0.05) is 18.6 Å². The van der Waals surface area contributed by atoms with Crippen molar-refractivity contribution in [2.24, 2.45) is 0 Å². The highest BCUT2D eigenvalue weighted by atomic mass is 35.5. The number of hydrogen-bond acceptors (Lipinski definition) is 4. The third kappa shape index (κ3) is 2.83. The second kappa shape index (κ2) is 4.97. The average molecular weight is 241 g/mol. The van der Waals surface area contributed by atoms with Crippen LogP contribution in [0.4, 0.5) is 5.82 Å². The summed E-state index contributed by atoms with van der Waals surface area (Å²) in [5.41, 5.74) is 0. The Morgan fingerprint density at radius 3 is 2.88 bits per heavy atom. The van der Waals surface area contributed by atoms with Crippen molar-refractivity contribution in [1.82, 2.24) is 15.1 Å². The quantitative estimate of drug-likeness (QED) is 0.859. The Balaban J connectivity index is 1.93. The lowest BCUT2D eigenvalue weighted by Gasteiger charge is -2.35. The largest absolute Gasteiger partial charge is 0.366 e. The summed E-state index contributed by atoms with van der Waals surface area (Å²) in [4.78, 5) is 2.38. The molecule has 1 aromatic heterocycles. The number of nitrogens with zero attached hydrogens (tertiary/aromatic N) is 3. The van der Waals surface area contributed by atoms with Gasteiger partial charge in [0.15, 0.2) is 5.15 Å². The van der Waals surface area contributed by atoms with Crippen LogP contribution >= 0.6 is 11.6 Å². The van der Waals surface area contributed by atoms with Gasteiger partial charge in [-0.3, -0.25) is 0 Å². The zero-order chi connectivity index (χ0) is 11.5. The number of hydrogen-bond donors (Lipinski definition) is 1. The molecule has 16 heavy (non-hydrogen) atoms. The van der Waals surface area contributed by atoms with Gasteiger partial charge in [-0.2, -0.15) is 0 Å². The summed E-state index contributed by atoms with van der Waals surface area (Å²) in [5, 5.41) is 11.7. The summed E-state index contributed by atoms with van der Waals surface area (Å²) in [7, 11) is 2.17. The number of aromatic nitrogens is 2. The van der Waals surface area contributed by atoms with Crippen molar-refractivity contribution in [3.63, 3.8) is 0 Å². The van der Waals surface area contributed by atoms with Gasteiger partial charge in [-0.15, -0.1) is 10.2 Å². The Hall–Kier alpha value is -0.870. The molecule has 0 radical (unpaired) electrons. The number of piperidine rings is 1. The van der Waals surface area contributed by atoms with Crippen molar-refractivity contribution in [3.05, 3.63) is 17.3 Å². The van der Waals surface area contributed by atoms with Gasteiger partial charge in [0.05, 0.1) is 0 Å². The van der Waals surface area contributed by atoms with Crippen molar-refractivity contribution in [2.45, 2.75) is 31.8 Å². The topological polar surface area (TPSA) is 41.1 Å². The first-order chi connectivity index (χ1) is 7.65. The third-order valence-corrected chi connectivity index (χ3v) is 3.39. The van der Waals surface area contributed by atoms with Crippen LogP contribution in [0.25, 0.3) is 0 Å². The molecule has 88 valence electrons. The smallest absolute Gasteiger partial charge is 0.151 e. The molecule has 1 aliphatic heterocycles. The van der Waals surface area contributed by atoms with Crippen molar-refractivity contribution < 1.29 is 0 Å². The Bertz CT molecular complexity index is 340. The van der Waals surface area contributed by atoms with E-state index in [0.29, 0.717) is 17.2 Å². The molecule has 4 nitrogen and oxygen atoms in total. The molecule has 1 fully saturated rings. The normalized spacial score (nSPS) is 26.7. The monoisotopic (exact) mass is 240 g/mol. The molecule has 1 aliphatic rings. The van der Waals surface area contributed by atoms with E-state index in [1.54, 1.807) is 6.07 Å². The highest BCUT2D eigenvalue weighted by Gasteiger charge is 2.22. The van der Waals surface area contributed by atoms with Crippen molar-refractivity contribution in [3.8, 4) is 0 Å². The van der Waals surface area contributed by atoms with E-state index in [0.717, 1.165) is 25.2 Å². The summed E-state index contributed by atoms with van der Waals surface area (Å²) >= 11 is 5.69. The summed E-state index contributed by atoms with van der Waals surface area (Å²) in [6, 6.07) is 4.74. The second-order valence-corrected chi connectivity index (χ2v) is 4.82. The molecule has 0 bridgehead atoms. The van der Waals surface area contributed by atoms with Crippen LogP contribution in [0.3, 0.4) is 0 Å². The predicted octanol–water partition coefficient (Wildman–Crippen LogP) is 2.02. The van der Waals surface area contributed by atoms with Gasteiger partial charge in [0.25, 0.3) is 0 Å². The molecule has 0 aromatic carbocycles. The SMILES string of the molecule is CC1CC(Nc2ccc(Cl)nn2)CCN1C. The minimum atomic E-state index is 0.433. The Labute approximate surface area is 101 Å². The fraction of sp³-hybridized carbons (Fsp3) is 0.636. The predicted molar refractivity (Wildman–Crippen MR) is 65.8 cm³/mol. The zero-order valence-electron chi connectivity index (χ0n) is 9.65. The molecule has 2 unspecified atom stereocenters. The highest BCUT2D eigenvalue weighted by Crippen LogP contribution is 2.18. The maximum Gasteiger partial charge on any atom is 0.151 e. The number of likely N-dealkylation sites (tertiary alicyclic amines) is 1. The van der Waals surface area contributed by atoms with Gasteiger partial charge in [0.2, 0.25) is 0 Å². The van der Waals surface area contributed by atoms with Gasteiger partial charge in [-0.25, -0.2) is 0 Å². The van der Waals surface area contributed by atoms with Gasteiger partial charge in [-0.1, -0.05) is 11.6 Å². The van der Waals surface area contributed by atoms with E-state index >= 15 is 0 Å². The summed E-state index contributed by atoms with van der Waals surface area (Å²) in [6.45, 7) is 3.38. The Kier molecular flexibility index (Phi) is 3.61. The summed E-state index contributed by atoms with van der Waals surface area (Å²) < 4.78 is 0. The van der Waals surface area contributed by atoms with Gasteiger partial charge in [-0.05, 0) is 38.9 Å². The summed E-state index contributed by atoms with van der Waals surface area (Å²) in [6.07, 6.45) is 2.28. The molecular formula is C11H17ClN4. The number of anilines is 1. The van der Waals surface area contributed by atoms with Crippen LogP contribution in [0.15, 0.2) is 12.1 Å². The van der Waals surface area contributed by atoms with Crippen molar-refractivity contribution >= 4 is 17.4 Å². The molecular weight excluding hydrogens is 224 g/mol. The molecule has 0 saturated carbocycles. The minimum absolute atomic E-state index is 0.433. The maximum atomic E-state index is 5.69. The van der Waals surface area contributed by atoms with Crippen molar-refractivity contribution in [1.29, 1.82) is 0 Å². The molecule has 1 aromatic rings. The lowest BCUT2D eigenvalue weighted by molar-refractivity contribution is 0.190. The Morgan fingerprint density at radius 1 is 1.44 bits per heavy atom. The fourth-order valence-electron chi connectivity index (χ4n) is 2.02. The van der Waals surface area contributed by atoms with E-state index in [2.05, 4.69) is 34.4 Å². The highest BCUT2D eigenvalue weighted by molar-refractivity contribution is 6.29. The molecule has 0 amide bonds. The van der Waals surface area contributed by atoms with E-state index in [-0.39, 0.29) is 0 Å². The number of halogens is 1. The molecule has 1 saturated heterocycles. The van der Waals surface area contributed by atoms with E-state index in [1.165, 1.54) is 0 Å².